The van der Waals surface area contributed by atoms with E-state index in [1.54, 1.807) is 17.5 Å². The third-order valence-electron chi connectivity index (χ3n) is 1.18. The molecule has 0 aliphatic rings. The van der Waals surface area contributed by atoms with E-state index in [2.05, 4.69) is 11.1 Å². The number of pyridine rings is 1. The monoisotopic (exact) mass is 134 g/mol. The number of thiophene rings is 1. The quantitative estimate of drug-likeness (QED) is 0.537. The average molecular weight is 134 g/mol. The smallest absolute Gasteiger partial charge is 0.0379 e. The molecule has 1 nitrogen and oxygen atoms in total. The van der Waals surface area contributed by atoms with Crippen LogP contribution >= 0.6 is 11.3 Å². The standard InChI is InChI=1S/C7H4NS/c1-3-8-5-6-2-4-9-7(1)6/h1,3-5H. The Balaban J connectivity index is 2.95. The second-order valence-electron chi connectivity index (χ2n) is 1.75. The first-order valence-electron chi connectivity index (χ1n) is 2.66. The zero-order chi connectivity index (χ0) is 6.10. The summed E-state index contributed by atoms with van der Waals surface area (Å²) in [5.74, 6) is 0. The molecule has 0 bridgehead atoms. The molecule has 1 radical (unpaired) electrons. The van der Waals surface area contributed by atoms with Crippen LogP contribution in [0, 0.1) is 6.07 Å². The predicted molar refractivity (Wildman–Crippen MR) is 38.5 cm³/mol. The minimum atomic E-state index is 1.11. The first-order valence-corrected chi connectivity index (χ1v) is 3.54. The average Bonchev–Trinajstić information content (AvgIpc) is 2.33. The molecule has 0 atom stereocenters. The SMILES string of the molecule is [c]1csc2ccncc12. The van der Waals surface area contributed by atoms with Crippen LogP contribution in [0.15, 0.2) is 23.8 Å². The lowest BCUT2D eigenvalue weighted by atomic mass is 10.4. The van der Waals surface area contributed by atoms with E-state index in [4.69, 9.17) is 0 Å². The van der Waals surface area contributed by atoms with Gasteiger partial charge < -0.3 is 0 Å². The molecule has 0 saturated heterocycles. The van der Waals surface area contributed by atoms with Crippen LogP contribution in [0.5, 0.6) is 0 Å². The summed E-state index contributed by atoms with van der Waals surface area (Å²) < 4.78 is 1.25. The summed E-state index contributed by atoms with van der Waals surface area (Å²) >= 11 is 1.69. The van der Waals surface area contributed by atoms with Gasteiger partial charge in [-0.1, -0.05) is 0 Å². The summed E-state index contributed by atoms with van der Waals surface area (Å²) in [7, 11) is 0. The molecule has 2 aromatic rings. The minimum Gasteiger partial charge on any atom is -0.264 e. The van der Waals surface area contributed by atoms with Crippen molar-refractivity contribution < 1.29 is 0 Å². The summed E-state index contributed by atoms with van der Waals surface area (Å²) in [6.45, 7) is 0. The molecule has 0 amide bonds. The lowest BCUT2D eigenvalue weighted by Crippen LogP contribution is -1.64. The number of rotatable bonds is 0. The van der Waals surface area contributed by atoms with Gasteiger partial charge >= 0.3 is 0 Å². The molecule has 2 heteroatoms. The van der Waals surface area contributed by atoms with E-state index in [1.165, 1.54) is 4.70 Å². The van der Waals surface area contributed by atoms with Crippen molar-refractivity contribution in [3.05, 3.63) is 29.9 Å². The Labute approximate surface area is 57.0 Å². The van der Waals surface area contributed by atoms with Gasteiger partial charge in [0.15, 0.2) is 0 Å². The fraction of sp³-hybridized carbons (Fsp3) is 0. The van der Waals surface area contributed by atoms with Gasteiger partial charge in [-0.2, -0.15) is 0 Å². The number of aromatic nitrogens is 1. The highest BCUT2D eigenvalue weighted by atomic mass is 32.1. The van der Waals surface area contributed by atoms with Gasteiger partial charge in [-0.3, -0.25) is 4.98 Å². The molecule has 0 aliphatic heterocycles. The highest BCUT2D eigenvalue weighted by Gasteiger charge is 1.89. The zero-order valence-electron chi connectivity index (χ0n) is 4.66. The van der Waals surface area contributed by atoms with Crippen molar-refractivity contribution in [2.75, 3.05) is 0 Å². The first kappa shape index (κ1) is 4.94. The van der Waals surface area contributed by atoms with E-state index in [1.807, 2.05) is 17.6 Å². The summed E-state index contributed by atoms with van der Waals surface area (Å²) in [5, 5.41) is 3.06. The number of hydrogen-bond donors (Lipinski definition) is 0. The second-order valence-corrected chi connectivity index (χ2v) is 2.66. The molecule has 0 aliphatic carbocycles. The van der Waals surface area contributed by atoms with E-state index in [0.717, 1.165) is 5.39 Å². The topological polar surface area (TPSA) is 12.9 Å². The van der Waals surface area contributed by atoms with Gasteiger partial charge in [0.2, 0.25) is 0 Å². The van der Waals surface area contributed by atoms with Crippen LogP contribution in [0.3, 0.4) is 0 Å². The Hall–Kier alpha value is -0.890. The molecular formula is C7H4NS. The fourth-order valence-electron chi connectivity index (χ4n) is 0.749. The van der Waals surface area contributed by atoms with Gasteiger partial charge in [0.1, 0.15) is 0 Å². The van der Waals surface area contributed by atoms with Crippen LogP contribution in [0.25, 0.3) is 10.1 Å². The molecule has 2 heterocycles. The Bertz CT molecular complexity index is 283. The summed E-state index contributed by atoms with van der Waals surface area (Å²) in [6.07, 6.45) is 3.62. The van der Waals surface area contributed by atoms with Gasteiger partial charge in [0, 0.05) is 28.5 Å². The largest absolute Gasteiger partial charge is 0.264 e. The van der Waals surface area contributed by atoms with Crippen LogP contribution in [0.4, 0.5) is 0 Å². The molecule has 0 saturated carbocycles. The van der Waals surface area contributed by atoms with Crippen molar-refractivity contribution in [3.8, 4) is 0 Å². The number of nitrogens with zero attached hydrogens (tertiary/aromatic N) is 1. The van der Waals surface area contributed by atoms with Gasteiger partial charge in [-0.05, 0) is 11.4 Å². The maximum atomic E-state index is 3.96. The summed E-state index contributed by atoms with van der Waals surface area (Å²) in [6, 6.07) is 5.07. The van der Waals surface area contributed by atoms with Crippen molar-refractivity contribution >= 4 is 21.4 Å². The van der Waals surface area contributed by atoms with Gasteiger partial charge in [0.25, 0.3) is 0 Å². The third-order valence-corrected chi connectivity index (χ3v) is 2.03. The highest BCUT2D eigenvalue weighted by Crippen LogP contribution is 2.16. The Morgan fingerprint density at radius 1 is 1.56 bits per heavy atom. The normalized spacial score (nSPS) is 10.2. The first-order chi connectivity index (χ1) is 4.47. The molecule has 0 spiro atoms. The molecule has 0 aromatic carbocycles. The van der Waals surface area contributed by atoms with E-state index in [9.17, 15) is 0 Å². The molecule has 43 valence electrons. The number of fused-ring (bicyclic) bond motifs is 1. The van der Waals surface area contributed by atoms with Crippen molar-refractivity contribution in [2.45, 2.75) is 0 Å². The van der Waals surface area contributed by atoms with Gasteiger partial charge in [-0.15, -0.1) is 11.3 Å². The van der Waals surface area contributed by atoms with Crippen molar-refractivity contribution in [1.82, 2.24) is 4.98 Å². The zero-order valence-corrected chi connectivity index (χ0v) is 5.48. The Morgan fingerprint density at radius 3 is 3.44 bits per heavy atom. The van der Waals surface area contributed by atoms with Gasteiger partial charge in [0.05, 0.1) is 0 Å². The maximum absolute atomic E-state index is 3.96. The van der Waals surface area contributed by atoms with Crippen LogP contribution in [0.1, 0.15) is 0 Å². The van der Waals surface area contributed by atoms with E-state index in [0.29, 0.717) is 0 Å². The third kappa shape index (κ3) is 0.715. The number of hydrogen-bond acceptors (Lipinski definition) is 2. The molecule has 2 aromatic heterocycles. The van der Waals surface area contributed by atoms with E-state index >= 15 is 0 Å². The molecule has 0 N–H and O–H groups in total. The van der Waals surface area contributed by atoms with Crippen LogP contribution in [-0.4, -0.2) is 4.98 Å². The molecular weight excluding hydrogens is 130 g/mol. The molecule has 0 fully saturated rings. The Kier molecular flexibility index (Phi) is 0.993. The van der Waals surface area contributed by atoms with Gasteiger partial charge in [-0.25, -0.2) is 0 Å². The lowest BCUT2D eigenvalue weighted by Gasteiger charge is -1.81. The predicted octanol–water partition coefficient (Wildman–Crippen LogP) is 2.10. The summed E-state index contributed by atoms with van der Waals surface area (Å²) in [4.78, 5) is 3.96. The lowest BCUT2D eigenvalue weighted by molar-refractivity contribution is 1.37. The van der Waals surface area contributed by atoms with Crippen molar-refractivity contribution in [1.29, 1.82) is 0 Å². The van der Waals surface area contributed by atoms with Crippen molar-refractivity contribution in [2.24, 2.45) is 0 Å². The maximum Gasteiger partial charge on any atom is 0.0379 e. The van der Waals surface area contributed by atoms with Crippen LogP contribution in [-0.2, 0) is 0 Å². The highest BCUT2D eigenvalue weighted by molar-refractivity contribution is 7.17. The Morgan fingerprint density at radius 2 is 2.56 bits per heavy atom. The van der Waals surface area contributed by atoms with Crippen LogP contribution in [0.2, 0.25) is 0 Å². The molecule has 9 heavy (non-hydrogen) atoms. The minimum absolute atomic E-state index is 1.11. The fourth-order valence-corrected chi connectivity index (χ4v) is 1.44. The molecule has 0 unspecified atom stereocenters. The van der Waals surface area contributed by atoms with Crippen LogP contribution < -0.4 is 0 Å². The van der Waals surface area contributed by atoms with E-state index in [-0.39, 0.29) is 0 Å². The molecule has 2 rings (SSSR count). The summed E-state index contributed by atoms with van der Waals surface area (Å²) in [5.41, 5.74) is 0. The van der Waals surface area contributed by atoms with Crippen molar-refractivity contribution in [3.63, 3.8) is 0 Å². The van der Waals surface area contributed by atoms with E-state index < -0.39 is 0 Å². The second kappa shape index (κ2) is 1.81.